The van der Waals surface area contributed by atoms with Crippen LogP contribution in [-0.4, -0.2) is 48.1 Å². The van der Waals surface area contributed by atoms with Gasteiger partial charge in [-0.25, -0.2) is 0 Å². The van der Waals surface area contributed by atoms with E-state index < -0.39 is 5.97 Å². The van der Waals surface area contributed by atoms with Crippen LogP contribution in [0.3, 0.4) is 0 Å². The van der Waals surface area contributed by atoms with Crippen molar-refractivity contribution < 1.29 is 14.7 Å². The standard InChI is InChI=1S/C13H22N2O3/c16-12(17)7-10-3-2-6-15(9-10)13(18)11-4-1-5-14-8-11/h10-11,14H,1-9H2,(H,16,17)/t10?,11-/m0/s1. The van der Waals surface area contributed by atoms with Gasteiger partial charge in [-0.3, -0.25) is 9.59 Å². The number of piperidine rings is 2. The molecule has 0 aromatic heterocycles. The van der Waals surface area contributed by atoms with Gasteiger partial charge < -0.3 is 15.3 Å². The monoisotopic (exact) mass is 254 g/mol. The van der Waals surface area contributed by atoms with Crippen LogP contribution in [-0.2, 0) is 9.59 Å². The molecule has 2 rings (SSSR count). The normalized spacial score (nSPS) is 29.0. The van der Waals surface area contributed by atoms with Gasteiger partial charge in [0.05, 0.1) is 5.92 Å². The highest BCUT2D eigenvalue weighted by molar-refractivity contribution is 5.79. The van der Waals surface area contributed by atoms with Crippen molar-refractivity contribution in [2.24, 2.45) is 11.8 Å². The Morgan fingerprint density at radius 3 is 2.78 bits per heavy atom. The molecule has 2 aliphatic rings. The van der Waals surface area contributed by atoms with Crippen molar-refractivity contribution in [2.75, 3.05) is 26.2 Å². The molecule has 0 aromatic carbocycles. The quantitative estimate of drug-likeness (QED) is 0.778. The molecule has 2 N–H and O–H groups in total. The van der Waals surface area contributed by atoms with Gasteiger partial charge in [0.15, 0.2) is 0 Å². The van der Waals surface area contributed by atoms with Crippen LogP contribution in [0.25, 0.3) is 0 Å². The fourth-order valence-corrected chi connectivity index (χ4v) is 3.00. The second kappa shape index (κ2) is 6.18. The molecule has 1 amide bonds. The van der Waals surface area contributed by atoms with E-state index in [0.29, 0.717) is 6.54 Å². The van der Waals surface area contributed by atoms with Crippen LogP contribution in [0.15, 0.2) is 0 Å². The summed E-state index contributed by atoms with van der Waals surface area (Å²) >= 11 is 0. The molecule has 5 nitrogen and oxygen atoms in total. The molecule has 0 radical (unpaired) electrons. The van der Waals surface area contributed by atoms with Crippen molar-refractivity contribution in [1.82, 2.24) is 10.2 Å². The summed E-state index contributed by atoms with van der Waals surface area (Å²) in [6, 6.07) is 0. The van der Waals surface area contributed by atoms with E-state index in [9.17, 15) is 9.59 Å². The number of carbonyl (C=O) groups excluding carboxylic acids is 1. The second-order valence-electron chi connectivity index (χ2n) is 5.43. The first-order chi connectivity index (χ1) is 8.66. The van der Waals surface area contributed by atoms with E-state index >= 15 is 0 Å². The van der Waals surface area contributed by atoms with Crippen LogP contribution in [0, 0.1) is 11.8 Å². The summed E-state index contributed by atoms with van der Waals surface area (Å²) in [7, 11) is 0. The maximum Gasteiger partial charge on any atom is 0.303 e. The van der Waals surface area contributed by atoms with Gasteiger partial charge in [0.2, 0.25) is 5.91 Å². The molecule has 18 heavy (non-hydrogen) atoms. The highest BCUT2D eigenvalue weighted by atomic mass is 16.4. The summed E-state index contributed by atoms with van der Waals surface area (Å²) in [6.07, 6.45) is 4.07. The van der Waals surface area contributed by atoms with Gasteiger partial charge in [0, 0.05) is 26.1 Å². The minimum absolute atomic E-state index is 0.0994. The molecule has 0 bridgehead atoms. The highest BCUT2D eigenvalue weighted by Crippen LogP contribution is 2.22. The first-order valence-electron chi connectivity index (χ1n) is 6.88. The van der Waals surface area contributed by atoms with Crippen LogP contribution >= 0.6 is 0 Å². The molecule has 102 valence electrons. The highest BCUT2D eigenvalue weighted by Gasteiger charge is 2.30. The van der Waals surface area contributed by atoms with E-state index in [0.717, 1.165) is 45.3 Å². The molecule has 5 heteroatoms. The van der Waals surface area contributed by atoms with E-state index in [-0.39, 0.29) is 24.2 Å². The Balaban J connectivity index is 1.87. The van der Waals surface area contributed by atoms with Crippen LogP contribution < -0.4 is 5.32 Å². The predicted molar refractivity (Wildman–Crippen MR) is 67.2 cm³/mol. The second-order valence-corrected chi connectivity index (χ2v) is 5.43. The van der Waals surface area contributed by atoms with E-state index in [1.165, 1.54) is 0 Å². The number of carbonyl (C=O) groups is 2. The SMILES string of the molecule is O=C(O)CC1CCCN(C(=O)[C@H]2CCCNC2)C1. The summed E-state index contributed by atoms with van der Waals surface area (Å²) in [6.45, 7) is 3.21. The van der Waals surface area contributed by atoms with Gasteiger partial charge in [-0.2, -0.15) is 0 Å². The van der Waals surface area contributed by atoms with E-state index in [1.807, 2.05) is 4.90 Å². The molecule has 2 saturated heterocycles. The van der Waals surface area contributed by atoms with Crippen LogP contribution in [0.1, 0.15) is 32.1 Å². The maximum absolute atomic E-state index is 12.3. The molecule has 1 unspecified atom stereocenters. The number of hydrogen-bond donors (Lipinski definition) is 2. The fourth-order valence-electron chi connectivity index (χ4n) is 3.00. The lowest BCUT2D eigenvalue weighted by Gasteiger charge is -2.35. The lowest BCUT2D eigenvalue weighted by atomic mass is 9.92. The average molecular weight is 254 g/mol. The summed E-state index contributed by atoms with van der Waals surface area (Å²) in [5.74, 6) is -0.301. The average Bonchev–Trinajstić information content (AvgIpc) is 2.38. The molecule has 2 aliphatic heterocycles. The summed E-state index contributed by atoms with van der Waals surface area (Å²) in [4.78, 5) is 24.9. The summed E-state index contributed by atoms with van der Waals surface area (Å²) in [5, 5.41) is 12.1. The Morgan fingerprint density at radius 1 is 1.28 bits per heavy atom. The molecular weight excluding hydrogens is 232 g/mol. The Hall–Kier alpha value is -1.10. The molecule has 0 aromatic rings. The van der Waals surface area contributed by atoms with Crippen molar-refractivity contribution >= 4 is 11.9 Å². The van der Waals surface area contributed by atoms with Crippen molar-refractivity contribution in [3.8, 4) is 0 Å². The van der Waals surface area contributed by atoms with Crippen molar-refractivity contribution in [3.63, 3.8) is 0 Å². The van der Waals surface area contributed by atoms with Gasteiger partial charge >= 0.3 is 5.97 Å². The van der Waals surface area contributed by atoms with E-state index in [2.05, 4.69) is 5.32 Å². The first-order valence-corrected chi connectivity index (χ1v) is 6.88. The predicted octanol–water partition coefficient (Wildman–Crippen LogP) is 0.699. The zero-order valence-electron chi connectivity index (χ0n) is 10.7. The minimum atomic E-state index is -0.756. The Kier molecular flexibility index (Phi) is 4.58. The number of hydrogen-bond acceptors (Lipinski definition) is 3. The molecule has 2 atom stereocenters. The minimum Gasteiger partial charge on any atom is -0.481 e. The molecule has 2 heterocycles. The fraction of sp³-hybridized carbons (Fsp3) is 0.846. The largest absolute Gasteiger partial charge is 0.481 e. The first kappa shape index (κ1) is 13.3. The van der Waals surface area contributed by atoms with Crippen molar-refractivity contribution in [3.05, 3.63) is 0 Å². The molecule has 0 saturated carbocycles. The zero-order valence-corrected chi connectivity index (χ0v) is 10.7. The molecule has 2 fully saturated rings. The third-order valence-electron chi connectivity index (χ3n) is 3.94. The molecule has 0 aliphatic carbocycles. The number of nitrogens with one attached hydrogen (secondary N) is 1. The lowest BCUT2D eigenvalue weighted by Crippen LogP contribution is -2.47. The van der Waals surface area contributed by atoms with Crippen LogP contribution in [0.2, 0.25) is 0 Å². The topological polar surface area (TPSA) is 69.6 Å². The zero-order chi connectivity index (χ0) is 13.0. The van der Waals surface area contributed by atoms with Crippen LogP contribution in [0.4, 0.5) is 0 Å². The number of carboxylic acids is 1. The lowest BCUT2D eigenvalue weighted by molar-refractivity contribution is -0.142. The van der Waals surface area contributed by atoms with Gasteiger partial charge in [0.25, 0.3) is 0 Å². The number of amides is 1. The Morgan fingerprint density at radius 2 is 2.11 bits per heavy atom. The van der Waals surface area contributed by atoms with Crippen molar-refractivity contribution in [1.29, 1.82) is 0 Å². The van der Waals surface area contributed by atoms with Crippen molar-refractivity contribution in [2.45, 2.75) is 32.1 Å². The third-order valence-corrected chi connectivity index (χ3v) is 3.94. The van der Waals surface area contributed by atoms with E-state index in [4.69, 9.17) is 5.11 Å². The third kappa shape index (κ3) is 3.45. The molecular formula is C13H22N2O3. The Bertz CT molecular complexity index is 313. The summed E-state index contributed by atoms with van der Waals surface area (Å²) < 4.78 is 0. The number of rotatable bonds is 3. The number of nitrogens with zero attached hydrogens (tertiary/aromatic N) is 1. The van der Waals surface area contributed by atoms with Crippen LogP contribution in [0.5, 0.6) is 0 Å². The Labute approximate surface area is 108 Å². The maximum atomic E-state index is 12.3. The number of likely N-dealkylation sites (tertiary alicyclic amines) is 1. The molecule has 0 spiro atoms. The van der Waals surface area contributed by atoms with Gasteiger partial charge in [-0.1, -0.05) is 0 Å². The van der Waals surface area contributed by atoms with Gasteiger partial charge in [0.1, 0.15) is 0 Å². The van der Waals surface area contributed by atoms with Gasteiger partial charge in [-0.15, -0.1) is 0 Å². The number of aliphatic carboxylic acids is 1. The number of carboxylic acid groups (broad SMARTS) is 1. The van der Waals surface area contributed by atoms with E-state index in [1.54, 1.807) is 0 Å². The summed E-state index contributed by atoms with van der Waals surface area (Å²) in [5.41, 5.74) is 0. The van der Waals surface area contributed by atoms with Gasteiger partial charge in [-0.05, 0) is 38.1 Å². The smallest absolute Gasteiger partial charge is 0.303 e.